The molecule has 1 unspecified atom stereocenters. The highest BCUT2D eigenvalue weighted by Crippen LogP contribution is 2.26. The predicted octanol–water partition coefficient (Wildman–Crippen LogP) is 3.96. The van der Waals surface area contributed by atoms with Crippen molar-refractivity contribution in [1.82, 2.24) is 0 Å². The van der Waals surface area contributed by atoms with Gasteiger partial charge >= 0.3 is 0 Å². The van der Waals surface area contributed by atoms with Gasteiger partial charge in [0.25, 0.3) is 0 Å². The second-order valence-corrected chi connectivity index (χ2v) is 6.01. The van der Waals surface area contributed by atoms with Crippen molar-refractivity contribution in [3.8, 4) is 5.75 Å². The lowest BCUT2D eigenvalue weighted by atomic mass is 9.92. The molecule has 2 aromatic rings. The zero-order valence-corrected chi connectivity index (χ0v) is 13.6. The van der Waals surface area contributed by atoms with Crippen LogP contribution < -0.4 is 10.5 Å². The molecule has 2 N–H and O–H groups in total. The van der Waals surface area contributed by atoms with Gasteiger partial charge in [-0.05, 0) is 66.8 Å². The first-order chi connectivity index (χ1) is 10.1. The van der Waals surface area contributed by atoms with Crippen LogP contribution in [0.3, 0.4) is 0 Å². The summed E-state index contributed by atoms with van der Waals surface area (Å²) in [7, 11) is 1.66. The van der Waals surface area contributed by atoms with Gasteiger partial charge < -0.3 is 10.5 Å². The maximum absolute atomic E-state index is 13.3. The third kappa shape index (κ3) is 4.55. The van der Waals surface area contributed by atoms with Crippen molar-refractivity contribution in [3.63, 3.8) is 0 Å². The van der Waals surface area contributed by atoms with Crippen molar-refractivity contribution in [2.24, 2.45) is 11.7 Å². The molecule has 0 bridgehead atoms. The summed E-state index contributed by atoms with van der Waals surface area (Å²) in [6.07, 6.45) is 1.56. The van der Waals surface area contributed by atoms with E-state index in [4.69, 9.17) is 10.5 Å². The molecule has 0 aliphatic rings. The maximum atomic E-state index is 13.3. The highest BCUT2D eigenvalue weighted by Gasteiger charge is 2.13. The van der Waals surface area contributed by atoms with Gasteiger partial charge in [-0.2, -0.15) is 0 Å². The number of ether oxygens (including phenoxy) is 1. The lowest BCUT2D eigenvalue weighted by Crippen LogP contribution is -2.19. The first-order valence-electron chi connectivity index (χ1n) is 6.89. The van der Waals surface area contributed by atoms with Gasteiger partial charge in [0.05, 0.1) is 7.11 Å². The monoisotopic (exact) mass is 351 g/mol. The molecule has 2 nitrogen and oxygen atoms in total. The number of benzene rings is 2. The first-order valence-corrected chi connectivity index (χ1v) is 7.68. The number of halogens is 2. The van der Waals surface area contributed by atoms with E-state index < -0.39 is 0 Å². The molecule has 0 saturated heterocycles. The summed E-state index contributed by atoms with van der Waals surface area (Å²) in [6.45, 7) is 0.548. The van der Waals surface area contributed by atoms with E-state index in [-0.39, 0.29) is 11.7 Å². The Morgan fingerprint density at radius 2 is 2.00 bits per heavy atom. The fourth-order valence-corrected chi connectivity index (χ4v) is 2.86. The highest BCUT2D eigenvalue weighted by atomic mass is 79.9. The normalized spacial score (nSPS) is 12.2. The smallest absolute Gasteiger partial charge is 0.123 e. The van der Waals surface area contributed by atoms with E-state index in [0.29, 0.717) is 6.54 Å². The summed E-state index contributed by atoms with van der Waals surface area (Å²) < 4.78 is 19.7. The number of nitrogens with two attached hydrogens (primary N) is 1. The van der Waals surface area contributed by atoms with Crippen LogP contribution in [0.15, 0.2) is 46.9 Å². The topological polar surface area (TPSA) is 35.2 Å². The van der Waals surface area contributed by atoms with Crippen LogP contribution in [0.4, 0.5) is 4.39 Å². The summed E-state index contributed by atoms with van der Waals surface area (Å²) in [6, 6.07) is 12.6. The van der Waals surface area contributed by atoms with Crippen LogP contribution in [-0.2, 0) is 12.8 Å². The number of hydrogen-bond acceptors (Lipinski definition) is 2. The molecule has 0 heterocycles. The molecule has 1 atom stereocenters. The van der Waals surface area contributed by atoms with E-state index in [9.17, 15) is 4.39 Å². The predicted molar refractivity (Wildman–Crippen MR) is 87.0 cm³/mol. The molecule has 0 fully saturated rings. The minimum Gasteiger partial charge on any atom is -0.496 e. The van der Waals surface area contributed by atoms with Crippen LogP contribution >= 0.6 is 15.9 Å². The lowest BCUT2D eigenvalue weighted by molar-refractivity contribution is 0.403. The van der Waals surface area contributed by atoms with E-state index in [1.807, 2.05) is 24.3 Å². The Morgan fingerprint density at radius 3 is 2.67 bits per heavy atom. The van der Waals surface area contributed by atoms with Crippen molar-refractivity contribution >= 4 is 15.9 Å². The second kappa shape index (κ2) is 7.57. The Bertz CT molecular complexity index is 603. The Balaban J connectivity index is 2.14. The molecule has 0 saturated carbocycles. The van der Waals surface area contributed by atoms with Crippen molar-refractivity contribution < 1.29 is 9.13 Å². The molecular weight excluding hydrogens is 333 g/mol. The summed E-state index contributed by atoms with van der Waals surface area (Å²) in [5, 5.41) is 0. The number of rotatable bonds is 6. The zero-order chi connectivity index (χ0) is 15.2. The molecule has 0 aliphatic heterocycles. The van der Waals surface area contributed by atoms with Crippen molar-refractivity contribution in [2.75, 3.05) is 13.7 Å². The van der Waals surface area contributed by atoms with Gasteiger partial charge in [0.2, 0.25) is 0 Å². The van der Waals surface area contributed by atoms with Crippen molar-refractivity contribution in [3.05, 3.63) is 63.9 Å². The number of methoxy groups -OCH3 is 1. The molecule has 4 heteroatoms. The SMILES string of the molecule is COc1ccc(Br)cc1CC(CN)Cc1cccc(F)c1. The average Bonchev–Trinajstić information content (AvgIpc) is 2.47. The van der Waals surface area contributed by atoms with Crippen LogP contribution in [0.1, 0.15) is 11.1 Å². The highest BCUT2D eigenvalue weighted by molar-refractivity contribution is 9.10. The Kier molecular flexibility index (Phi) is 5.76. The summed E-state index contributed by atoms with van der Waals surface area (Å²) in [5.41, 5.74) is 7.97. The fraction of sp³-hybridized carbons (Fsp3) is 0.294. The van der Waals surface area contributed by atoms with E-state index in [2.05, 4.69) is 15.9 Å². The zero-order valence-electron chi connectivity index (χ0n) is 12.0. The van der Waals surface area contributed by atoms with Gasteiger partial charge in [-0.25, -0.2) is 4.39 Å². The molecule has 0 amide bonds. The van der Waals surface area contributed by atoms with E-state index >= 15 is 0 Å². The third-order valence-corrected chi connectivity index (χ3v) is 3.99. The summed E-state index contributed by atoms with van der Waals surface area (Å²) in [4.78, 5) is 0. The van der Waals surface area contributed by atoms with Crippen LogP contribution in [0.5, 0.6) is 5.75 Å². The Labute approximate surface area is 133 Å². The average molecular weight is 352 g/mol. The molecule has 0 aromatic heterocycles. The van der Waals surface area contributed by atoms with Crippen LogP contribution in [-0.4, -0.2) is 13.7 Å². The molecule has 21 heavy (non-hydrogen) atoms. The molecule has 0 aliphatic carbocycles. The lowest BCUT2D eigenvalue weighted by Gasteiger charge is -2.17. The quantitative estimate of drug-likeness (QED) is 0.854. The van der Waals surface area contributed by atoms with Crippen molar-refractivity contribution in [2.45, 2.75) is 12.8 Å². The molecule has 0 spiro atoms. The largest absolute Gasteiger partial charge is 0.496 e. The van der Waals surface area contributed by atoms with Crippen LogP contribution in [0, 0.1) is 11.7 Å². The van der Waals surface area contributed by atoms with Crippen LogP contribution in [0.2, 0.25) is 0 Å². The molecule has 2 rings (SSSR count). The Morgan fingerprint density at radius 1 is 1.19 bits per heavy atom. The second-order valence-electron chi connectivity index (χ2n) is 5.10. The summed E-state index contributed by atoms with van der Waals surface area (Å²) >= 11 is 3.48. The third-order valence-electron chi connectivity index (χ3n) is 3.50. The van der Waals surface area contributed by atoms with Gasteiger partial charge in [-0.3, -0.25) is 0 Å². The van der Waals surface area contributed by atoms with Gasteiger partial charge in [0.1, 0.15) is 11.6 Å². The molecule has 2 aromatic carbocycles. The van der Waals surface area contributed by atoms with Gasteiger partial charge in [0.15, 0.2) is 0 Å². The first kappa shape index (κ1) is 16.0. The maximum Gasteiger partial charge on any atom is 0.123 e. The summed E-state index contributed by atoms with van der Waals surface area (Å²) in [5.74, 6) is 0.897. The van der Waals surface area contributed by atoms with E-state index in [0.717, 1.165) is 34.2 Å². The molecular formula is C17H19BrFNO. The van der Waals surface area contributed by atoms with Gasteiger partial charge in [-0.15, -0.1) is 0 Å². The van der Waals surface area contributed by atoms with Gasteiger partial charge in [0, 0.05) is 4.47 Å². The van der Waals surface area contributed by atoms with Gasteiger partial charge in [-0.1, -0.05) is 28.1 Å². The fourth-order valence-electron chi connectivity index (χ4n) is 2.45. The van der Waals surface area contributed by atoms with E-state index in [1.165, 1.54) is 6.07 Å². The van der Waals surface area contributed by atoms with E-state index in [1.54, 1.807) is 19.2 Å². The number of hydrogen-bond donors (Lipinski definition) is 1. The van der Waals surface area contributed by atoms with Crippen molar-refractivity contribution in [1.29, 1.82) is 0 Å². The minimum absolute atomic E-state index is 0.205. The minimum atomic E-state index is -0.205. The Hall–Kier alpha value is -1.39. The molecule has 0 radical (unpaired) electrons. The standard InChI is InChI=1S/C17H19BrFNO/c1-21-17-6-5-15(18)10-14(17)8-13(11-20)7-12-3-2-4-16(19)9-12/h2-6,9-10,13H,7-8,11,20H2,1H3. The molecule has 112 valence electrons. The van der Waals surface area contributed by atoms with Crippen LogP contribution in [0.25, 0.3) is 0 Å².